The van der Waals surface area contributed by atoms with Crippen LogP contribution in [0.2, 0.25) is 25.7 Å². The smallest absolute Gasteiger partial charge is 0.282 e. The average molecular weight is 626 g/mol. The second-order valence-corrected chi connectivity index (χ2v) is 18.1. The maximum absolute atomic E-state index is 13.9. The molecule has 0 unspecified atom stereocenters. The molecule has 0 aliphatic heterocycles. The zero-order valence-corrected chi connectivity index (χ0v) is 27.3. The Balaban J connectivity index is 1.43. The molecule has 6 aromatic rings. The number of hydrogen-bond acceptors (Lipinski definition) is 8. The molecule has 13 heteroatoms. The van der Waals surface area contributed by atoms with Crippen molar-refractivity contribution in [3.63, 3.8) is 0 Å². The molecule has 0 spiro atoms. The zero-order chi connectivity index (χ0) is 31.7. The summed E-state index contributed by atoms with van der Waals surface area (Å²) in [5.74, 6) is 1.11. The van der Waals surface area contributed by atoms with Gasteiger partial charge in [0, 0.05) is 38.8 Å². The number of aromatic nitrogens is 8. The Labute approximate surface area is 262 Å². The number of rotatable bonds is 12. The molecule has 0 amide bonds. The Morgan fingerprint density at radius 3 is 2.60 bits per heavy atom. The molecule has 0 saturated carbocycles. The molecule has 1 atom stereocenters. The molecule has 45 heavy (non-hydrogen) atoms. The number of aliphatic hydroxyl groups excluding tert-OH is 1. The Kier molecular flexibility index (Phi) is 8.40. The number of aryl methyl sites for hydroxylation is 1. The highest BCUT2D eigenvalue weighted by atomic mass is 28.3. The number of aliphatic hydroxyl groups is 1. The fourth-order valence-corrected chi connectivity index (χ4v) is 6.16. The molecule has 0 aliphatic carbocycles. The first-order valence-corrected chi connectivity index (χ1v) is 18.8. The van der Waals surface area contributed by atoms with Crippen LogP contribution in [-0.2, 0) is 18.0 Å². The van der Waals surface area contributed by atoms with Crippen molar-refractivity contribution in [2.45, 2.75) is 58.9 Å². The SMILES string of the molecule is Cc1ccn2nc([C@H](C)Nc3ncnc4c3c(-c3ccn(CCO)n3)cn4COCC[Si](C)(C)C)n(-c3ccccc3)c(=O)c12. The lowest BCUT2D eigenvalue weighted by Gasteiger charge is -2.20. The predicted molar refractivity (Wildman–Crippen MR) is 178 cm³/mol. The van der Waals surface area contributed by atoms with Gasteiger partial charge < -0.3 is 19.7 Å². The van der Waals surface area contributed by atoms with Crippen LogP contribution in [0.3, 0.4) is 0 Å². The minimum atomic E-state index is -1.25. The molecule has 5 aromatic heterocycles. The molecule has 0 radical (unpaired) electrons. The number of fused-ring (bicyclic) bond motifs is 2. The summed E-state index contributed by atoms with van der Waals surface area (Å²) in [4.78, 5) is 23.2. The van der Waals surface area contributed by atoms with Gasteiger partial charge in [-0.2, -0.15) is 10.2 Å². The Bertz CT molecular complexity index is 2000. The number of nitrogens with one attached hydrogen (secondary N) is 1. The normalized spacial score (nSPS) is 12.8. The van der Waals surface area contributed by atoms with Crippen molar-refractivity contribution in [2.24, 2.45) is 0 Å². The summed E-state index contributed by atoms with van der Waals surface area (Å²) < 4.78 is 13.1. The molecular formula is C32H39N9O3Si. The van der Waals surface area contributed by atoms with Crippen molar-refractivity contribution in [2.75, 3.05) is 18.5 Å². The summed E-state index contributed by atoms with van der Waals surface area (Å²) in [6.07, 6.45) is 7.17. The van der Waals surface area contributed by atoms with Gasteiger partial charge in [0.15, 0.2) is 5.82 Å². The van der Waals surface area contributed by atoms with Crippen molar-refractivity contribution in [3.05, 3.63) is 89.1 Å². The van der Waals surface area contributed by atoms with Gasteiger partial charge in [0.1, 0.15) is 30.0 Å². The summed E-state index contributed by atoms with van der Waals surface area (Å²) in [5.41, 5.74) is 4.23. The first-order chi connectivity index (χ1) is 21.6. The number of ether oxygens (including phenoxy) is 1. The standard InChI is InChI=1S/C32H39N9O3Si/c1-22-11-14-40-28(22)32(43)41(24-9-7-6-8-10-24)30(37-40)23(2)35-29-27-25(26-12-13-39(36-26)15-16-42)19-38(31(27)34-20-33-29)21-44-17-18-45(3,4)5/h6-14,19-20,23,42H,15-18,21H2,1-5H3,(H,33,34,35)/t23-/m0/s1. The summed E-state index contributed by atoms with van der Waals surface area (Å²) in [6, 6.07) is 14.0. The predicted octanol–water partition coefficient (Wildman–Crippen LogP) is 4.88. The lowest BCUT2D eigenvalue weighted by Crippen LogP contribution is -2.29. The lowest BCUT2D eigenvalue weighted by atomic mass is 10.1. The summed E-state index contributed by atoms with van der Waals surface area (Å²) in [6.45, 7) is 12.3. The largest absolute Gasteiger partial charge is 0.394 e. The van der Waals surface area contributed by atoms with E-state index in [0.29, 0.717) is 42.7 Å². The molecule has 0 aliphatic rings. The molecular weight excluding hydrogens is 586 g/mol. The highest BCUT2D eigenvalue weighted by molar-refractivity contribution is 6.76. The van der Waals surface area contributed by atoms with Crippen LogP contribution in [0, 0.1) is 6.92 Å². The third-order valence-electron chi connectivity index (χ3n) is 7.79. The second-order valence-electron chi connectivity index (χ2n) is 12.5. The minimum absolute atomic E-state index is 0.0113. The Hall–Kier alpha value is -4.59. The molecule has 1 aromatic carbocycles. The van der Waals surface area contributed by atoms with Crippen molar-refractivity contribution in [1.82, 2.24) is 38.5 Å². The Morgan fingerprint density at radius 1 is 1.04 bits per heavy atom. The number of benzene rings is 1. The fraction of sp³-hybridized carbons (Fsp3) is 0.344. The van der Waals surface area contributed by atoms with Gasteiger partial charge in [0.25, 0.3) is 5.56 Å². The third-order valence-corrected chi connectivity index (χ3v) is 9.50. The van der Waals surface area contributed by atoms with Crippen LogP contribution in [0.15, 0.2) is 72.2 Å². The Morgan fingerprint density at radius 2 is 1.84 bits per heavy atom. The average Bonchev–Trinajstić information content (AvgIpc) is 3.73. The highest BCUT2D eigenvalue weighted by Gasteiger charge is 2.23. The quantitative estimate of drug-likeness (QED) is 0.145. The van der Waals surface area contributed by atoms with Crippen LogP contribution in [0.4, 0.5) is 5.82 Å². The van der Waals surface area contributed by atoms with Crippen molar-refractivity contribution >= 4 is 30.4 Å². The molecule has 12 nitrogen and oxygen atoms in total. The third kappa shape index (κ3) is 6.19. The van der Waals surface area contributed by atoms with E-state index >= 15 is 0 Å². The summed E-state index contributed by atoms with van der Waals surface area (Å²) in [5, 5.41) is 23.4. The number of hydrogen-bond donors (Lipinski definition) is 2. The van der Waals surface area contributed by atoms with E-state index in [1.165, 1.54) is 6.33 Å². The van der Waals surface area contributed by atoms with E-state index in [0.717, 1.165) is 33.9 Å². The van der Waals surface area contributed by atoms with E-state index in [1.807, 2.05) is 79.5 Å². The van der Waals surface area contributed by atoms with Crippen LogP contribution in [0.1, 0.15) is 24.4 Å². The van der Waals surface area contributed by atoms with Gasteiger partial charge in [-0.25, -0.2) is 14.5 Å². The van der Waals surface area contributed by atoms with Gasteiger partial charge in [0.2, 0.25) is 0 Å². The monoisotopic (exact) mass is 625 g/mol. The van der Waals surface area contributed by atoms with Crippen molar-refractivity contribution in [1.29, 1.82) is 0 Å². The van der Waals surface area contributed by atoms with Gasteiger partial charge in [-0.05, 0) is 49.7 Å². The fourth-order valence-electron chi connectivity index (χ4n) is 5.41. The van der Waals surface area contributed by atoms with Crippen molar-refractivity contribution in [3.8, 4) is 16.9 Å². The van der Waals surface area contributed by atoms with E-state index in [2.05, 4.69) is 34.9 Å². The summed E-state index contributed by atoms with van der Waals surface area (Å²) >= 11 is 0. The molecule has 0 saturated heterocycles. The molecule has 234 valence electrons. The summed E-state index contributed by atoms with van der Waals surface area (Å²) in [7, 11) is -1.25. The van der Waals surface area contributed by atoms with Gasteiger partial charge in [-0.15, -0.1) is 0 Å². The molecule has 0 fully saturated rings. The van der Waals surface area contributed by atoms with Crippen LogP contribution >= 0.6 is 0 Å². The van der Waals surface area contributed by atoms with Crippen LogP contribution < -0.4 is 10.9 Å². The topological polar surface area (TPSA) is 129 Å². The molecule has 6 rings (SSSR count). The first-order valence-electron chi connectivity index (χ1n) is 15.1. The van der Waals surface area contributed by atoms with E-state index in [9.17, 15) is 9.90 Å². The van der Waals surface area contributed by atoms with Gasteiger partial charge >= 0.3 is 0 Å². The van der Waals surface area contributed by atoms with Crippen LogP contribution in [0.25, 0.3) is 33.5 Å². The second kappa shape index (κ2) is 12.4. The molecule has 0 bridgehead atoms. The molecule has 5 heterocycles. The van der Waals surface area contributed by atoms with Crippen LogP contribution in [0.5, 0.6) is 0 Å². The maximum Gasteiger partial charge on any atom is 0.282 e. The number of nitrogens with zero attached hydrogens (tertiary/aromatic N) is 8. The number of para-hydroxylation sites is 1. The van der Waals surface area contributed by atoms with Gasteiger partial charge in [-0.1, -0.05) is 37.8 Å². The van der Waals surface area contributed by atoms with Crippen LogP contribution in [-0.4, -0.2) is 64.9 Å². The van der Waals surface area contributed by atoms with Crippen molar-refractivity contribution < 1.29 is 9.84 Å². The van der Waals surface area contributed by atoms with E-state index in [4.69, 9.17) is 14.9 Å². The lowest BCUT2D eigenvalue weighted by molar-refractivity contribution is 0.0899. The zero-order valence-electron chi connectivity index (χ0n) is 26.3. The maximum atomic E-state index is 13.9. The van der Waals surface area contributed by atoms with Gasteiger partial charge in [-0.3, -0.25) is 14.0 Å². The highest BCUT2D eigenvalue weighted by Crippen LogP contribution is 2.34. The van der Waals surface area contributed by atoms with E-state index in [1.54, 1.807) is 13.8 Å². The van der Waals surface area contributed by atoms with E-state index < -0.39 is 14.1 Å². The van der Waals surface area contributed by atoms with Gasteiger partial charge in [0.05, 0.1) is 36.0 Å². The first kappa shape index (κ1) is 30.4. The number of anilines is 1. The van der Waals surface area contributed by atoms with E-state index in [-0.39, 0.29) is 12.2 Å². The molecule has 2 N–H and O–H groups in total. The minimum Gasteiger partial charge on any atom is -0.394 e.